The summed E-state index contributed by atoms with van der Waals surface area (Å²) in [7, 11) is 0. The van der Waals surface area contributed by atoms with Crippen LogP contribution in [0.15, 0.2) is 90.1 Å². The minimum atomic E-state index is -4.60. The second-order valence-corrected chi connectivity index (χ2v) is 9.00. The Morgan fingerprint density at radius 1 is 1.02 bits per heavy atom. The van der Waals surface area contributed by atoms with Crippen LogP contribution in [0.4, 0.5) is 35.5 Å². The monoisotopic (exact) mass is 555 g/mol. The number of hydrogen-bond donors (Lipinski definition) is 1. The van der Waals surface area contributed by atoms with Gasteiger partial charge in [-0.1, -0.05) is 48.5 Å². The molecule has 1 atom stereocenters. The average molecular weight is 556 g/mol. The van der Waals surface area contributed by atoms with Crippen molar-refractivity contribution in [2.75, 3.05) is 10.2 Å². The van der Waals surface area contributed by atoms with Crippen molar-refractivity contribution in [3.63, 3.8) is 0 Å². The van der Waals surface area contributed by atoms with E-state index in [4.69, 9.17) is 4.74 Å². The predicted molar refractivity (Wildman–Crippen MR) is 141 cm³/mol. The van der Waals surface area contributed by atoms with Gasteiger partial charge in [-0.15, -0.1) is 5.10 Å². The van der Waals surface area contributed by atoms with Crippen LogP contribution in [0, 0.1) is 22.7 Å². The fourth-order valence-electron chi connectivity index (χ4n) is 4.46. The topological polar surface area (TPSA) is 120 Å². The third kappa shape index (κ3) is 5.44. The Labute approximate surface area is 232 Å². The molecule has 0 bridgehead atoms. The van der Waals surface area contributed by atoms with E-state index in [1.54, 1.807) is 55.5 Å². The molecule has 0 unspecified atom stereocenters. The number of anilines is 3. The number of nitrogens with zero attached hydrogens (tertiary/aromatic N) is 6. The van der Waals surface area contributed by atoms with Crippen molar-refractivity contribution in [2.24, 2.45) is 0 Å². The highest BCUT2D eigenvalue weighted by Crippen LogP contribution is 2.43. The standard InChI is InChI=1S/C29H20F3N7O2/c1-18-24(16-34)25(21-12-10-19(15-33)11-13-21)39-27(38(18)23-9-5-8-22(14-23)29(30,31)32)35-26(37-39)36-28(40)41-17-20-6-3-2-4-7-20/h2-14,25H,17H2,1H3,(H,36,37,40)/t25-/m1/s1. The molecule has 0 aliphatic carbocycles. The largest absolute Gasteiger partial charge is 0.444 e. The lowest BCUT2D eigenvalue weighted by Gasteiger charge is -2.34. The zero-order chi connectivity index (χ0) is 29.1. The maximum absolute atomic E-state index is 13.6. The number of ether oxygens (including phenoxy) is 1. The smallest absolute Gasteiger partial charge is 0.416 e. The lowest BCUT2D eigenvalue weighted by atomic mass is 9.95. The first kappa shape index (κ1) is 27.0. The molecule has 0 fully saturated rings. The highest BCUT2D eigenvalue weighted by atomic mass is 19.4. The van der Waals surface area contributed by atoms with Gasteiger partial charge in [-0.3, -0.25) is 10.2 Å². The molecule has 12 heteroatoms. The van der Waals surface area contributed by atoms with E-state index in [-0.39, 0.29) is 29.8 Å². The number of carbonyl (C=O) groups is 1. The quantitative estimate of drug-likeness (QED) is 0.300. The molecule has 2 heterocycles. The number of benzene rings is 3. The first-order valence-electron chi connectivity index (χ1n) is 12.2. The SMILES string of the molecule is CC1=C(C#N)[C@@H](c2ccc(C#N)cc2)n2nc(NC(=O)OCc3ccccc3)nc2N1c1cccc(C(F)(F)F)c1. The first-order valence-corrected chi connectivity index (χ1v) is 12.2. The molecule has 204 valence electrons. The second-order valence-electron chi connectivity index (χ2n) is 9.00. The van der Waals surface area contributed by atoms with Gasteiger partial charge in [0.05, 0.1) is 28.8 Å². The van der Waals surface area contributed by atoms with Crippen LogP contribution in [-0.2, 0) is 17.5 Å². The van der Waals surface area contributed by atoms with E-state index < -0.39 is 23.9 Å². The van der Waals surface area contributed by atoms with Crippen LogP contribution in [0.1, 0.15) is 35.2 Å². The lowest BCUT2D eigenvalue weighted by molar-refractivity contribution is -0.137. The van der Waals surface area contributed by atoms with Crippen LogP contribution in [0.25, 0.3) is 0 Å². The molecule has 0 saturated carbocycles. The number of halogens is 3. The van der Waals surface area contributed by atoms with E-state index in [1.807, 2.05) is 12.1 Å². The molecule has 5 rings (SSSR count). The second kappa shape index (κ2) is 10.9. The number of alkyl halides is 3. The van der Waals surface area contributed by atoms with Crippen molar-refractivity contribution in [3.05, 3.63) is 112 Å². The van der Waals surface area contributed by atoms with Crippen LogP contribution in [-0.4, -0.2) is 20.9 Å². The molecule has 1 N–H and O–H groups in total. The molecule has 0 radical (unpaired) electrons. The Morgan fingerprint density at radius 3 is 2.41 bits per heavy atom. The van der Waals surface area contributed by atoms with Gasteiger partial charge in [-0.25, -0.2) is 9.48 Å². The molecule has 0 spiro atoms. The van der Waals surface area contributed by atoms with Crippen LogP contribution in [0.3, 0.4) is 0 Å². The number of nitrogens with one attached hydrogen (secondary N) is 1. The summed E-state index contributed by atoms with van der Waals surface area (Å²) in [6.07, 6.45) is -5.45. The summed E-state index contributed by atoms with van der Waals surface area (Å²) in [5.41, 5.74) is 1.45. The van der Waals surface area contributed by atoms with Gasteiger partial charge in [0.1, 0.15) is 12.6 Å². The molecule has 1 aliphatic heterocycles. The van der Waals surface area contributed by atoms with Crippen molar-refractivity contribution in [1.29, 1.82) is 10.5 Å². The minimum absolute atomic E-state index is 0.0102. The van der Waals surface area contributed by atoms with Gasteiger partial charge in [0, 0.05) is 11.4 Å². The van der Waals surface area contributed by atoms with Gasteiger partial charge >= 0.3 is 12.3 Å². The fraction of sp³-hybridized carbons (Fsp3) is 0.138. The molecule has 9 nitrogen and oxygen atoms in total. The lowest BCUT2D eigenvalue weighted by Crippen LogP contribution is -2.31. The zero-order valence-corrected chi connectivity index (χ0v) is 21.4. The third-order valence-electron chi connectivity index (χ3n) is 6.39. The van der Waals surface area contributed by atoms with Gasteiger partial charge in [0.15, 0.2) is 0 Å². The van der Waals surface area contributed by atoms with Gasteiger partial charge in [-0.05, 0) is 48.4 Å². The van der Waals surface area contributed by atoms with E-state index in [2.05, 4.69) is 21.5 Å². The van der Waals surface area contributed by atoms with E-state index in [1.165, 1.54) is 21.7 Å². The Hall–Kier alpha value is -5.62. The first-order chi connectivity index (χ1) is 19.7. The number of amides is 1. The maximum Gasteiger partial charge on any atom is 0.416 e. The Bertz CT molecular complexity index is 1720. The van der Waals surface area contributed by atoms with Crippen molar-refractivity contribution < 1.29 is 22.7 Å². The van der Waals surface area contributed by atoms with Gasteiger partial charge < -0.3 is 4.74 Å². The van der Waals surface area contributed by atoms with Gasteiger partial charge in [0.25, 0.3) is 5.95 Å². The average Bonchev–Trinajstić information content (AvgIpc) is 3.38. The molecule has 1 aliphatic rings. The number of allylic oxidation sites excluding steroid dienone is 2. The Balaban J connectivity index is 1.57. The van der Waals surface area contributed by atoms with Crippen molar-refractivity contribution >= 4 is 23.7 Å². The fourth-order valence-corrected chi connectivity index (χ4v) is 4.46. The van der Waals surface area contributed by atoms with Crippen molar-refractivity contribution in [2.45, 2.75) is 25.7 Å². The molecular weight excluding hydrogens is 535 g/mol. The van der Waals surface area contributed by atoms with Crippen LogP contribution in [0.5, 0.6) is 0 Å². The molecular formula is C29H20F3N7O2. The van der Waals surface area contributed by atoms with Crippen LogP contribution < -0.4 is 10.2 Å². The summed E-state index contributed by atoms with van der Waals surface area (Å²) in [6.45, 7) is 1.58. The molecule has 41 heavy (non-hydrogen) atoms. The summed E-state index contributed by atoms with van der Waals surface area (Å²) < 4.78 is 47.3. The maximum atomic E-state index is 13.6. The summed E-state index contributed by atoms with van der Waals surface area (Å²) in [6, 6.07) is 23.4. The van der Waals surface area contributed by atoms with Crippen molar-refractivity contribution in [3.8, 4) is 12.1 Å². The zero-order valence-electron chi connectivity index (χ0n) is 21.4. The molecule has 1 amide bonds. The Kier molecular flexibility index (Phi) is 7.15. The summed E-state index contributed by atoms with van der Waals surface area (Å²) in [5.74, 6) is -0.116. The number of carbonyl (C=O) groups excluding carboxylic acids is 1. The molecule has 0 saturated heterocycles. The van der Waals surface area contributed by atoms with E-state index >= 15 is 0 Å². The summed E-state index contributed by atoms with van der Waals surface area (Å²) >= 11 is 0. The molecule has 3 aromatic carbocycles. The summed E-state index contributed by atoms with van der Waals surface area (Å²) in [5, 5.41) is 26.2. The van der Waals surface area contributed by atoms with E-state index in [0.29, 0.717) is 16.8 Å². The minimum Gasteiger partial charge on any atom is -0.444 e. The normalized spacial score (nSPS) is 14.6. The number of hydrogen-bond acceptors (Lipinski definition) is 7. The van der Waals surface area contributed by atoms with Crippen LogP contribution in [0.2, 0.25) is 0 Å². The highest BCUT2D eigenvalue weighted by Gasteiger charge is 2.37. The number of aromatic nitrogens is 3. The van der Waals surface area contributed by atoms with Gasteiger partial charge in [0.2, 0.25) is 5.95 Å². The predicted octanol–water partition coefficient (Wildman–Crippen LogP) is 6.46. The van der Waals surface area contributed by atoms with Gasteiger partial charge in [-0.2, -0.15) is 28.7 Å². The number of fused-ring (bicyclic) bond motifs is 1. The molecule has 4 aromatic rings. The number of rotatable bonds is 5. The van der Waals surface area contributed by atoms with Crippen molar-refractivity contribution in [1.82, 2.24) is 14.8 Å². The Morgan fingerprint density at radius 2 is 1.76 bits per heavy atom. The summed E-state index contributed by atoms with van der Waals surface area (Å²) in [4.78, 5) is 18.3. The molecule has 1 aromatic heterocycles. The van der Waals surface area contributed by atoms with E-state index in [9.17, 15) is 28.5 Å². The highest BCUT2D eigenvalue weighted by molar-refractivity contribution is 5.83. The third-order valence-corrected chi connectivity index (χ3v) is 6.39. The van der Waals surface area contributed by atoms with Crippen LogP contribution >= 0.6 is 0 Å². The van der Waals surface area contributed by atoms with E-state index in [0.717, 1.165) is 17.7 Å². The number of nitriles is 2.